The summed E-state index contributed by atoms with van der Waals surface area (Å²) in [5.74, 6) is 0. The van der Waals surface area contributed by atoms with Gasteiger partial charge in [-0.3, -0.25) is 0 Å². The predicted molar refractivity (Wildman–Crippen MR) is 342 cm³/mol. The van der Waals surface area contributed by atoms with Gasteiger partial charge in [0, 0.05) is 38.2 Å². The number of aromatic nitrogens is 2. The van der Waals surface area contributed by atoms with Gasteiger partial charge >= 0.3 is 61.8 Å². The van der Waals surface area contributed by atoms with E-state index in [0.29, 0.717) is 36.4 Å². The third-order valence-corrected chi connectivity index (χ3v) is 18.3. The standard InChI is InChI=1S/C77H33F30N3/c78-68(79,80)40-14-18-44(55(30-40)74(96,97)98)35-10-22-59-49(26-35)50-27-36(45-19-15-41(69(81,82)83)31-56(45)75(99,100)101)11-23-60(50)109(59)63-8-1-4-39(34-108)65(63)67-48(66-53(72(90,91)92)6-3-7-54(66)73(93,94)95)5-2-9-64(67)110-61-24-12-37(46-20-16-42(70(84,85)86)32-57(46)76(102,103)104)28-51(61)52-29-38(13-25-62(52)110)47-21-17-43(71(87,88)89)33-58(47)77(105,106)107/h1-33H. The number of nitrogens with zero attached hydrogens (tertiary/aromatic N) is 3. The molecule has 0 fully saturated rings. The number of fused-ring (bicyclic) bond motifs is 6. The SMILES string of the molecule is N#Cc1cccc(-n2c3ccc(-c4ccc(C(F)(F)F)cc4C(F)(F)F)cc3c3cc(-c4ccc(C(F)(F)F)cc4C(F)(F)F)ccc32)c1-c1c(-c2c(C(F)(F)F)cccc2C(F)(F)F)cccc1-n1c2ccc(-c3ccc(C(F)(F)F)cc3C(F)(F)F)cc2c2cc(-c3ccc(C(F)(F)F)cc3C(F)(F)F)ccc21. The van der Waals surface area contributed by atoms with Crippen molar-refractivity contribution in [2.24, 2.45) is 0 Å². The zero-order valence-electron chi connectivity index (χ0n) is 53.7. The monoisotopic (exact) mass is 1570 g/mol. The van der Waals surface area contributed by atoms with Gasteiger partial charge in [0.25, 0.3) is 0 Å². The molecule has 11 aromatic carbocycles. The molecule has 0 bridgehead atoms. The third-order valence-electron chi connectivity index (χ3n) is 18.3. The molecule has 0 aliphatic carbocycles. The van der Waals surface area contributed by atoms with E-state index in [-0.39, 0.29) is 60.7 Å². The quantitative estimate of drug-likeness (QED) is 0.140. The Morgan fingerprint density at radius 3 is 0.727 bits per heavy atom. The van der Waals surface area contributed by atoms with Crippen molar-refractivity contribution in [3.8, 4) is 84.2 Å². The lowest BCUT2D eigenvalue weighted by molar-refractivity contribution is -0.144. The molecule has 2 aromatic heterocycles. The molecule has 110 heavy (non-hydrogen) atoms. The summed E-state index contributed by atoms with van der Waals surface area (Å²) in [6.45, 7) is 0. The highest BCUT2D eigenvalue weighted by Gasteiger charge is 2.46. The average Bonchev–Trinajstić information content (AvgIpc) is 1.49. The van der Waals surface area contributed by atoms with Gasteiger partial charge in [0.15, 0.2) is 0 Å². The van der Waals surface area contributed by atoms with Crippen LogP contribution in [0.4, 0.5) is 132 Å². The Balaban J connectivity index is 1.20. The van der Waals surface area contributed by atoms with Crippen LogP contribution in [0.2, 0.25) is 0 Å². The summed E-state index contributed by atoms with van der Waals surface area (Å²) in [7, 11) is 0. The van der Waals surface area contributed by atoms with E-state index >= 15 is 79.0 Å². The molecule has 0 saturated heterocycles. The normalized spacial score (nSPS) is 13.4. The first-order chi connectivity index (χ1) is 50.8. The van der Waals surface area contributed by atoms with Crippen molar-refractivity contribution < 1.29 is 132 Å². The maximum absolute atomic E-state index is 15.9. The van der Waals surface area contributed by atoms with E-state index in [4.69, 9.17) is 0 Å². The fraction of sp³-hybridized carbons (Fsp3) is 0.130. The Morgan fingerprint density at radius 2 is 0.473 bits per heavy atom. The molecule has 0 aliphatic heterocycles. The smallest absolute Gasteiger partial charge is 0.309 e. The molecule has 0 atom stereocenters. The van der Waals surface area contributed by atoms with Crippen LogP contribution < -0.4 is 0 Å². The van der Waals surface area contributed by atoms with Crippen LogP contribution in [0.5, 0.6) is 0 Å². The molecule has 13 rings (SSSR count). The second-order valence-corrected chi connectivity index (χ2v) is 24.9. The van der Waals surface area contributed by atoms with Crippen LogP contribution in [0.25, 0.3) is 122 Å². The van der Waals surface area contributed by atoms with Gasteiger partial charge in [0.2, 0.25) is 0 Å². The summed E-state index contributed by atoms with van der Waals surface area (Å²) in [5.41, 5.74) is -34.4. The first-order valence-electron chi connectivity index (χ1n) is 31.1. The lowest BCUT2D eigenvalue weighted by Crippen LogP contribution is -2.15. The fourth-order valence-electron chi connectivity index (χ4n) is 13.7. The van der Waals surface area contributed by atoms with Crippen molar-refractivity contribution in [3.63, 3.8) is 0 Å². The number of hydrogen-bond acceptors (Lipinski definition) is 1. The summed E-state index contributed by atoms with van der Waals surface area (Å²) < 4.78 is 447. The maximum atomic E-state index is 15.9. The van der Waals surface area contributed by atoms with Gasteiger partial charge in [-0.05, 0) is 177 Å². The number of rotatable bonds is 8. The van der Waals surface area contributed by atoms with Gasteiger partial charge in [0.1, 0.15) is 0 Å². The van der Waals surface area contributed by atoms with Crippen LogP contribution in [0, 0.1) is 11.3 Å². The van der Waals surface area contributed by atoms with Crippen molar-refractivity contribution in [1.29, 1.82) is 5.26 Å². The van der Waals surface area contributed by atoms with E-state index in [1.165, 1.54) is 0 Å². The van der Waals surface area contributed by atoms with Crippen LogP contribution >= 0.6 is 0 Å². The number of benzene rings is 11. The molecule has 3 nitrogen and oxygen atoms in total. The Labute approximate surface area is 595 Å². The lowest BCUT2D eigenvalue weighted by Gasteiger charge is -2.25. The molecule has 0 amide bonds. The number of nitriles is 1. The summed E-state index contributed by atoms with van der Waals surface area (Å²) in [6.07, 6.45) is -55.8. The Kier molecular flexibility index (Phi) is 18.0. The fourth-order valence-corrected chi connectivity index (χ4v) is 13.7. The minimum atomic E-state index is -5.82. The van der Waals surface area contributed by atoms with Gasteiger partial charge in [-0.2, -0.15) is 137 Å². The Bertz CT molecular complexity index is 5650. The highest BCUT2D eigenvalue weighted by Crippen LogP contribution is 2.55. The van der Waals surface area contributed by atoms with E-state index in [0.717, 1.165) is 112 Å². The summed E-state index contributed by atoms with van der Waals surface area (Å²) in [6, 6.07) is 19.7. The first kappa shape index (κ1) is 76.6. The van der Waals surface area contributed by atoms with E-state index in [2.05, 4.69) is 0 Å². The van der Waals surface area contributed by atoms with Crippen molar-refractivity contribution in [3.05, 3.63) is 261 Å². The second kappa shape index (κ2) is 25.8. The minimum Gasteiger partial charge on any atom is -0.309 e. The molecule has 0 radical (unpaired) electrons. The average molecular weight is 1570 g/mol. The number of hydrogen-bond donors (Lipinski definition) is 0. The van der Waals surface area contributed by atoms with Crippen molar-refractivity contribution in [2.75, 3.05) is 0 Å². The molecular weight excluding hydrogens is 1540 g/mol. The molecule has 0 N–H and O–H groups in total. The van der Waals surface area contributed by atoms with Crippen molar-refractivity contribution in [1.82, 2.24) is 9.13 Å². The molecule has 566 valence electrons. The zero-order valence-corrected chi connectivity index (χ0v) is 53.7. The third kappa shape index (κ3) is 13.8. The van der Waals surface area contributed by atoms with Gasteiger partial charge in [-0.15, -0.1) is 0 Å². The zero-order chi connectivity index (χ0) is 80.2. The number of halogens is 30. The molecule has 2 heterocycles. The summed E-state index contributed by atoms with van der Waals surface area (Å²) in [5, 5.41) is 9.50. The van der Waals surface area contributed by atoms with Gasteiger partial charge in [-0.25, -0.2) is 0 Å². The van der Waals surface area contributed by atoms with Crippen LogP contribution in [0.15, 0.2) is 200 Å². The van der Waals surface area contributed by atoms with Crippen LogP contribution in [0.1, 0.15) is 61.2 Å². The molecular formula is C77H33F30N3. The minimum absolute atomic E-state index is 0.193. The Morgan fingerprint density at radius 1 is 0.218 bits per heavy atom. The van der Waals surface area contributed by atoms with Gasteiger partial charge < -0.3 is 9.13 Å². The molecule has 33 heteroatoms. The van der Waals surface area contributed by atoms with Crippen molar-refractivity contribution in [2.45, 2.75) is 61.8 Å². The summed E-state index contributed by atoms with van der Waals surface area (Å²) in [4.78, 5) is 0. The molecule has 0 aliphatic rings. The van der Waals surface area contributed by atoms with Crippen LogP contribution in [-0.2, 0) is 61.8 Å². The van der Waals surface area contributed by atoms with Gasteiger partial charge in [0.05, 0.1) is 101 Å². The van der Waals surface area contributed by atoms with E-state index in [1.807, 2.05) is 0 Å². The highest BCUT2D eigenvalue weighted by atomic mass is 19.4. The van der Waals surface area contributed by atoms with Gasteiger partial charge in [-0.1, -0.05) is 72.8 Å². The predicted octanol–water partition coefficient (Wildman–Crippen LogP) is 27.9. The molecule has 0 unspecified atom stereocenters. The second-order valence-electron chi connectivity index (χ2n) is 24.9. The largest absolute Gasteiger partial charge is 0.417 e. The molecule has 13 aromatic rings. The molecule has 0 saturated carbocycles. The van der Waals surface area contributed by atoms with E-state index < -0.39 is 245 Å². The lowest BCUT2D eigenvalue weighted by atomic mass is 9.85. The van der Waals surface area contributed by atoms with E-state index in [9.17, 15) is 57.9 Å². The Hall–Kier alpha value is -11.6. The topological polar surface area (TPSA) is 33.6 Å². The van der Waals surface area contributed by atoms with Crippen LogP contribution in [0.3, 0.4) is 0 Å². The van der Waals surface area contributed by atoms with Crippen molar-refractivity contribution >= 4 is 43.6 Å². The highest BCUT2D eigenvalue weighted by molar-refractivity contribution is 6.15. The maximum Gasteiger partial charge on any atom is 0.417 e. The molecule has 0 spiro atoms. The first-order valence-corrected chi connectivity index (χ1v) is 31.1. The number of alkyl halides is 30. The van der Waals surface area contributed by atoms with Crippen LogP contribution in [-0.4, -0.2) is 9.13 Å². The van der Waals surface area contributed by atoms with E-state index in [1.54, 1.807) is 6.07 Å². The summed E-state index contributed by atoms with van der Waals surface area (Å²) >= 11 is 0.